The number of benzene rings is 1. The van der Waals surface area contributed by atoms with Crippen molar-refractivity contribution in [1.29, 1.82) is 0 Å². The van der Waals surface area contributed by atoms with Crippen LogP contribution in [0.5, 0.6) is 0 Å². The number of fused-ring (bicyclic) bond motifs is 1. The molecule has 0 spiro atoms. The Morgan fingerprint density at radius 1 is 1.37 bits per heavy atom. The molecule has 0 saturated heterocycles. The molecule has 0 unspecified atom stereocenters. The summed E-state index contributed by atoms with van der Waals surface area (Å²) in [5.41, 5.74) is 1.47. The van der Waals surface area contributed by atoms with Crippen molar-refractivity contribution in [3.8, 4) is 0 Å². The zero-order valence-corrected chi connectivity index (χ0v) is 10.9. The summed E-state index contributed by atoms with van der Waals surface area (Å²) in [6, 6.07) is 7.35. The van der Waals surface area contributed by atoms with Crippen LogP contribution in [0.1, 0.15) is 5.56 Å². The summed E-state index contributed by atoms with van der Waals surface area (Å²) in [6.07, 6.45) is 1.49. The molecule has 3 aromatic rings. The van der Waals surface area contributed by atoms with Gasteiger partial charge in [-0.1, -0.05) is 28.9 Å². The highest BCUT2D eigenvalue weighted by Crippen LogP contribution is 2.11. The predicted molar refractivity (Wildman–Crippen MR) is 71.1 cm³/mol. The Bertz CT molecular complexity index is 807. The monoisotopic (exact) mass is 275 g/mol. The van der Waals surface area contributed by atoms with E-state index in [1.165, 1.54) is 15.6 Å². The quantitative estimate of drug-likeness (QED) is 0.705. The molecule has 1 aromatic carbocycles. The normalized spacial score (nSPS) is 11.1. The van der Waals surface area contributed by atoms with Crippen molar-refractivity contribution in [2.45, 2.75) is 6.54 Å². The van der Waals surface area contributed by atoms with Gasteiger partial charge in [0.05, 0.1) is 6.54 Å². The minimum Gasteiger partial charge on any atom is -0.293 e. The largest absolute Gasteiger partial charge is 0.293 e. The molecule has 3 rings (SSSR count). The first-order chi connectivity index (χ1) is 9.15. The fourth-order valence-corrected chi connectivity index (χ4v) is 2.11. The van der Waals surface area contributed by atoms with Gasteiger partial charge >= 0.3 is 0 Å². The molecule has 2 heterocycles. The van der Waals surface area contributed by atoms with E-state index in [4.69, 9.17) is 11.6 Å². The van der Waals surface area contributed by atoms with Crippen LogP contribution in [0.2, 0.25) is 5.02 Å². The highest BCUT2D eigenvalue weighted by Gasteiger charge is 2.09. The minimum atomic E-state index is -0.210. The van der Waals surface area contributed by atoms with Gasteiger partial charge in [-0.2, -0.15) is 0 Å². The molecule has 0 amide bonds. The standard InChI is InChI=1S/C12H10ClN5O/c1-17-11-10(15-16-17)12(19)18(7-14-11)6-8-3-2-4-9(13)5-8/h2-5,7H,6H2,1H3. The van der Waals surface area contributed by atoms with Gasteiger partial charge < -0.3 is 0 Å². The molecule has 0 fully saturated rings. The van der Waals surface area contributed by atoms with Gasteiger partial charge in [-0.05, 0) is 17.7 Å². The first-order valence-electron chi connectivity index (χ1n) is 5.64. The van der Waals surface area contributed by atoms with E-state index in [2.05, 4.69) is 15.3 Å². The summed E-state index contributed by atoms with van der Waals surface area (Å²) < 4.78 is 2.96. The third-order valence-corrected chi connectivity index (χ3v) is 3.06. The van der Waals surface area contributed by atoms with Crippen molar-refractivity contribution in [2.24, 2.45) is 7.05 Å². The van der Waals surface area contributed by atoms with E-state index in [0.717, 1.165) is 5.56 Å². The van der Waals surface area contributed by atoms with Gasteiger partial charge in [0.1, 0.15) is 6.33 Å². The molecule has 0 radical (unpaired) electrons. The van der Waals surface area contributed by atoms with E-state index in [9.17, 15) is 4.79 Å². The lowest BCUT2D eigenvalue weighted by Crippen LogP contribution is -2.21. The lowest BCUT2D eigenvalue weighted by Gasteiger charge is -2.05. The summed E-state index contributed by atoms with van der Waals surface area (Å²) in [5, 5.41) is 8.26. The van der Waals surface area contributed by atoms with Crippen molar-refractivity contribution < 1.29 is 0 Å². The zero-order valence-electron chi connectivity index (χ0n) is 10.1. The van der Waals surface area contributed by atoms with Crippen LogP contribution in [0.4, 0.5) is 0 Å². The second kappa shape index (κ2) is 4.47. The van der Waals surface area contributed by atoms with Gasteiger partial charge in [-0.25, -0.2) is 9.67 Å². The Balaban J connectivity index is 2.06. The number of aryl methyl sites for hydroxylation is 1. The molecule has 2 aromatic heterocycles. The summed E-state index contributed by atoms with van der Waals surface area (Å²) in [5.74, 6) is 0. The summed E-state index contributed by atoms with van der Waals surface area (Å²) in [4.78, 5) is 16.4. The van der Waals surface area contributed by atoms with E-state index in [1.54, 1.807) is 13.1 Å². The van der Waals surface area contributed by atoms with Crippen molar-refractivity contribution in [3.05, 3.63) is 51.5 Å². The maximum Gasteiger partial charge on any atom is 0.283 e. The van der Waals surface area contributed by atoms with Crippen LogP contribution in [-0.2, 0) is 13.6 Å². The van der Waals surface area contributed by atoms with Crippen LogP contribution in [0, 0.1) is 0 Å². The number of nitrogens with zero attached hydrogens (tertiary/aromatic N) is 5. The maximum atomic E-state index is 12.2. The summed E-state index contributed by atoms with van der Waals surface area (Å²) in [7, 11) is 1.70. The van der Waals surface area contributed by atoms with Gasteiger partial charge in [-0.15, -0.1) is 5.10 Å². The van der Waals surface area contributed by atoms with E-state index in [1.807, 2.05) is 18.2 Å². The molecular formula is C12H10ClN5O. The lowest BCUT2D eigenvalue weighted by atomic mass is 10.2. The van der Waals surface area contributed by atoms with Gasteiger partial charge in [0.2, 0.25) is 0 Å². The summed E-state index contributed by atoms with van der Waals surface area (Å²) >= 11 is 5.92. The Labute approximate surface area is 113 Å². The highest BCUT2D eigenvalue weighted by molar-refractivity contribution is 6.30. The van der Waals surface area contributed by atoms with Gasteiger partial charge in [0.25, 0.3) is 5.56 Å². The Kier molecular flexibility index (Phi) is 2.79. The smallest absolute Gasteiger partial charge is 0.283 e. The summed E-state index contributed by atoms with van der Waals surface area (Å²) in [6.45, 7) is 0.402. The Morgan fingerprint density at radius 2 is 2.21 bits per heavy atom. The van der Waals surface area contributed by atoms with Crippen LogP contribution in [0.15, 0.2) is 35.4 Å². The van der Waals surface area contributed by atoms with E-state index >= 15 is 0 Å². The number of hydrogen-bond donors (Lipinski definition) is 0. The Hall–Kier alpha value is -2.21. The average molecular weight is 276 g/mol. The Morgan fingerprint density at radius 3 is 3.00 bits per heavy atom. The van der Waals surface area contributed by atoms with Crippen LogP contribution in [0.25, 0.3) is 11.2 Å². The SMILES string of the molecule is Cn1nnc2c(=O)n(Cc3cccc(Cl)c3)cnc21. The molecule has 0 bridgehead atoms. The van der Waals surface area contributed by atoms with Crippen LogP contribution in [-0.4, -0.2) is 24.5 Å². The molecular weight excluding hydrogens is 266 g/mol. The molecule has 0 N–H and O–H groups in total. The van der Waals surface area contributed by atoms with E-state index in [-0.39, 0.29) is 11.1 Å². The molecule has 0 atom stereocenters. The van der Waals surface area contributed by atoms with Crippen molar-refractivity contribution in [2.75, 3.05) is 0 Å². The lowest BCUT2D eigenvalue weighted by molar-refractivity contribution is 0.724. The topological polar surface area (TPSA) is 65.6 Å². The number of rotatable bonds is 2. The van der Waals surface area contributed by atoms with Crippen LogP contribution < -0.4 is 5.56 Å². The minimum absolute atomic E-state index is 0.210. The molecule has 19 heavy (non-hydrogen) atoms. The van der Waals surface area contributed by atoms with Crippen molar-refractivity contribution in [1.82, 2.24) is 24.5 Å². The van der Waals surface area contributed by atoms with Crippen molar-refractivity contribution in [3.63, 3.8) is 0 Å². The molecule has 0 saturated carbocycles. The average Bonchev–Trinajstić information content (AvgIpc) is 2.76. The number of halogens is 1. The first-order valence-corrected chi connectivity index (χ1v) is 6.02. The van der Waals surface area contributed by atoms with E-state index in [0.29, 0.717) is 17.2 Å². The molecule has 0 aliphatic carbocycles. The highest BCUT2D eigenvalue weighted by atomic mass is 35.5. The molecule has 0 aliphatic rings. The molecule has 0 aliphatic heterocycles. The fraction of sp³-hybridized carbons (Fsp3) is 0.167. The third kappa shape index (κ3) is 2.10. The second-order valence-corrected chi connectivity index (χ2v) is 4.63. The predicted octanol–water partition coefficient (Wildman–Crippen LogP) is 1.23. The molecule has 7 heteroatoms. The first kappa shape index (κ1) is 11.9. The maximum absolute atomic E-state index is 12.2. The van der Waals surface area contributed by atoms with Crippen LogP contribution in [0.3, 0.4) is 0 Å². The number of aromatic nitrogens is 5. The fourth-order valence-electron chi connectivity index (χ4n) is 1.89. The zero-order chi connectivity index (χ0) is 13.4. The third-order valence-electron chi connectivity index (χ3n) is 2.82. The molecule has 96 valence electrons. The second-order valence-electron chi connectivity index (χ2n) is 4.19. The van der Waals surface area contributed by atoms with Gasteiger partial charge in [0.15, 0.2) is 11.2 Å². The van der Waals surface area contributed by atoms with E-state index < -0.39 is 0 Å². The number of hydrogen-bond acceptors (Lipinski definition) is 4. The van der Waals surface area contributed by atoms with Gasteiger partial charge in [-0.3, -0.25) is 9.36 Å². The molecule has 6 nitrogen and oxygen atoms in total. The van der Waals surface area contributed by atoms with Gasteiger partial charge in [0, 0.05) is 12.1 Å². The van der Waals surface area contributed by atoms with Crippen LogP contribution >= 0.6 is 11.6 Å². The van der Waals surface area contributed by atoms with Crippen molar-refractivity contribution >= 4 is 22.8 Å².